The number of urea groups is 2. The van der Waals surface area contributed by atoms with E-state index in [-0.39, 0.29) is 0 Å². The van der Waals surface area contributed by atoms with Crippen molar-refractivity contribution in [2.45, 2.75) is 11.6 Å². The molecule has 0 aromatic rings. The lowest BCUT2D eigenvalue weighted by Gasteiger charge is -2.42. The van der Waals surface area contributed by atoms with Crippen LogP contribution in [0.4, 0.5) is 9.59 Å². The van der Waals surface area contributed by atoms with Crippen LogP contribution < -0.4 is 21.3 Å². The Labute approximate surface area is 89.8 Å². The topological polar surface area (TPSA) is 118 Å². The predicted molar refractivity (Wildman–Crippen MR) is 47.8 cm³/mol. The van der Waals surface area contributed by atoms with Gasteiger partial charge in [-0.05, 0) is 0 Å². The molecule has 2 fully saturated rings. The van der Waals surface area contributed by atoms with Crippen LogP contribution in [0.1, 0.15) is 0 Å². The van der Waals surface area contributed by atoms with Gasteiger partial charge in [-0.2, -0.15) is 0 Å². The quantitative estimate of drug-likeness (QED) is 0.428. The SMILES string of the molecule is COC12NC(=O)NC(=O)C1(OC)NC(=O)N2. The summed E-state index contributed by atoms with van der Waals surface area (Å²) in [6.45, 7) is 0. The monoisotopic (exact) mass is 230 g/mol. The molecule has 2 aliphatic rings. The third-order valence-electron chi connectivity index (χ3n) is 2.52. The molecule has 4 N–H and O–H groups in total. The van der Waals surface area contributed by atoms with Crippen molar-refractivity contribution in [3.05, 3.63) is 0 Å². The van der Waals surface area contributed by atoms with Crippen LogP contribution in [0, 0.1) is 0 Å². The fourth-order valence-corrected chi connectivity index (χ4v) is 1.78. The summed E-state index contributed by atoms with van der Waals surface area (Å²) < 4.78 is 9.98. The molecule has 9 heteroatoms. The van der Waals surface area contributed by atoms with Crippen molar-refractivity contribution >= 4 is 18.0 Å². The standard InChI is InChI=1S/C7H10N4O5/c1-15-6-3(12)8-4(13)10-7(6,16-2)11-5(14)9-6/h1-2H3,(H2,9,11,14)(H2,8,10,12,13). The molecule has 5 amide bonds. The van der Waals surface area contributed by atoms with Crippen LogP contribution in [0.2, 0.25) is 0 Å². The van der Waals surface area contributed by atoms with E-state index in [4.69, 9.17) is 9.47 Å². The molecule has 2 rings (SSSR count). The van der Waals surface area contributed by atoms with E-state index in [9.17, 15) is 14.4 Å². The summed E-state index contributed by atoms with van der Waals surface area (Å²) in [5.74, 6) is -2.57. The van der Waals surface area contributed by atoms with Gasteiger partial charge in [0.1, 0.15) is 0 Å². The van der Waals surface area contributed by atoms with Gasteiger partial charge in [-0.15, -0.1) is 0 Å². The second kappa shape index (κ2) is 3.06. The number of ether oxygens (including phenoxy) is 2. The van der Waals surface area contributed by atoms with Crippen molar-refractivity contribution in [1.29, 1.82) is 0 Å². The summed E-state index contributed by atoms with van der Waals surface area (Å²) >= 11 is 0. The van der Waals surface area contributed by atoms with Gasteiger partial charge >= 0.3 is 12.1 Å². The number of amides is 5. The van der Waals surface area contributed by atoms with E-state index in [1.807, 2.05) is 5.32 Å². The largest absolute Gasteiger partial charge is 0.345 e. The molecule has 16 heavy (non-hydrogen) atoms. The summed E-state index contributed by atoms with van der Waals surface area (Å²) in [6, 6.07) is -1.48. The molecule has 0 aromatic heterocycles. The molecule has 2 heterocycles. The van der Waals surface area contributed by atoms with E-state index >= 15 is 0 Å². The number of carbonyl (C=O) groups is 3. The number of hydrogen-bond donors (Lipinski definition) is 4. The number of carbonyl (C=O) groups excluding carboxylic acids is 3. The fraction of sp³-hybridized carbons (Fsp3) is 0.571. The first kappa shape index (κ1) is 10.6. The lowest BCUT2D eigenvalue weighted by Crippen LogP contribution is -2.81. The zero-order valence-corrected chi connectivity index (χ0v) is 8.54. The highest BCUT2D eigenvalue weighted by atomic mass is 16.6. The first-order valence-corrected chi connectivity index (χ1v) is 4.34. The summed E-state index contributed by atoms with van der Waals surface area (Å²) in [4.78, 5) is 34.2. The molecule has 2 atom stereocenters. The Morgan fingerprint density at radius 1 is 0.938 bits per heavy atom. The zero-order chi connectivity index (χ0) is 12.0. The van der Waals surface area contributed by atoms with E-state index in [2.05, 4.69) is 16.0 Å². The van der Waals surface area contributed by atoms with Gasteiger partial charge in [-0.25, -0.2) is 9.59 Å². The van der Waals surface area contributed by atoms with Crippen LogP contribution in [0.15, 0.2) is 0 Å². The van der Waals surface area contributed by atoms with Gasteiger partial charge in [-0.1, -0.05) is 0 Å². The molecule has 88 valence electrons. The summed E-state index contributed by atoms with van der Waals surface area (Å²) in [5, 5.41) is 8.79. The highest BCUT2D eigenvalue weighted by Crippen LogP contribution is 2.29. The Hall–Kier alpha value is -1.87. The van der Waals surface area contributed by atoms with Crippen molar-refractivity contribution in [3.8, 4) is 0 Å². The molecule has 2 aliphatic heterocycles. The molecule has 0 aliphatic carbocycles. The highest BCUT2D eigenvalue weighted by Gasteiger charge is 2.69. The van der Waals surface area contributed by atoms with E-state index < -0.39 is 29.5 Å². The Morgan fingerprint density at radius 3 is 2.12 bits per heavy atom. The third-order valence-corrected chi connectivity index (χ3v) is 2.52. The molecule has 0 spiro atoms. The van der Waals surface area contributed by atoms with Crippen molar-refractivity contribution in [1.82, 2.24) is 21.3 Å². The van der Waals surface area contributed by atoms with Gasteiger partial charge in [0.05, 0.1) is 0 Å². The first-order chi connectivity index (χ1) is 7.49. The molecule has 0 aromatic carbocycles. The third kappa shape index (κ3) is 1.03. The number of rotatable bonds is 2. The smallest absolute Gasteiger partial charge is 0.325 e. The maximum absolute atomic E-state index is 11.7. The molecular formula is C7H10N4O5. The van der Waals surface area contributed by atoms with Gasteiger partial charge in [0.25, 0.3) is 17.5 Å². The average molecular weight is 230 g/mol. The minimum Gasteiger partial charge on any atom is -0.345 e. The van der Waals surface area contributed by atoms with Crippen LogP contribution in [-0.4, -0.2) is 43.8 Å². The van der Waals surface area contributed by atoms with Crippen LogP contribution in [0.3, 0.4) is 0 Å². The maximum Gasteiger partial charge on any atom is 0.325 e. The van der Waals surface area contributed by atoms with Gasteiger partial charge in [0.2, 0.25) is 0 Å². The normalized spacial score (nSPS) is 37.0. The number of methoxy groups -OCH3 is 2. The molecule has 0 saturated carbocycles. The van der Waals surface area contributed by atoms with E-state index in [1.54, 1.807) is 0 Å². The van der Waals surface area contributed by atoms with Gasteiger partial charge < -0.3 is 9.47 Å². The van der Waals surface area contributed by atoms with Crippen LogP contribution in [-0.2, 0) is 14.3 Å². The second-order valence-electron chi connectivity index (χ2n) is 3.26. The van der Waals surface area contributed by atoms with Crippen molar-refractivity contribution in [2.75, 3.05) is 14.2 Å². The minimum atomic E-state index is -1.83. The Balaban J connectivity index is 2.52. The Bertz CT molecular complexity index is 385. The summed E-state index contributed by atoms with van der Waals surface area (Å²) in [7, 11) is 2.43. The predicted octanol–water partition coefficient (Wildman–Crippen LogP) is -2.22. The van der Waals surface area contributed by atoms with E-state index in [0.29, 0.717) is 0 Å². The van der Waals surface area contributed by atoms with Crippen molar-refractivity contribution in [2.24, 2.45) is 0 Å². The molecule has 2 saturated heterocycles. The average Bonchev–Trinajstić information content (AvgIpc) is 2.52. The van der Waals surface area contributed by atoms with Crippen LogP contribution in [0.5, 0.6) is 0 Å². The number of hydrogen-bond acceptors (Lipinski definition) is 5. The lowest BCUT2D eigenvalue weighted by atomic mass is 10.1. The van der Waals surface area contributed by atoms with Gasteiger partial charge in [-0.3, -0.25) is 26.1 Å². The van der Waals surface area contributed by atoms with Gasteiger partial charge in [0, 0.05) is 14.2 Å². The number of nitrogens with one attached hydrogen (secondary N) is 4. The fourth-order valence-electron chi connectivity index (χ4n) is 1.78. The number of fused-ring (bicyclic) bond motifs is 1. The van der Waals surface area contributed by atoms with Gasteiger partial charge in [0.15, 0.2) is 0 Å². The molecule has 0 radical (unpaired) electrons. The Morgan fingerprint density at radius 2 is 1.56 bits per heavy atom. The lowest BCUT2D eigenvalue weighted by molar-refractivity contribution is -0.206. The van der Waals surface area contributed by atoms with Crippen LogP contribution >= 0.6 is 0 Å². The Kier molecular flexibility index (Phi) is 2.03. The highest BCUT2D eigenvalue weighted by molar-refractivity contribution is 6.06. The first-order valence-electron chi connectivity index (χ1n) is 4.34. The molecular weight excluding hydrogens is 220 g/mol. The number of imide groups is 1. The maximum atomic E-state index is 11.7. The van der Waals surface area contributed by atoms with E-state index in [1.165, 1.54) is 14.2 Å². The molecule has 0 bridgehead atoms. The second-order valence-corrected chi connectivity index (χ2v) is 3.26. The van der Waals surface area contributed by atoms with E-state index in [0.717, 1.165) is 0 Å². The minimum absolute atomic E-state index is 0.693. The summed E-state index contributed by atoms with van der Waals surface area (Å²) in [6.07, 6.45) is 0. The zero-order valence-electron chi connectivity index (χ0n) is 8.54. The van der Waals surface area contributed by atoms with Crippen molar-refractivity contribution in [3.63, 3.8) is 0 Å². The molecule has 9 nitrogen and oxygen atoms in total. The van der Waals surface area contributed by atoms with Crippen molar-refractivity contribution < 1.29 is 23.9 Å². The van der Waals surface area contributed by atoms with Crippen LogP contribution in [0.25, 0.3) is 0 Å². The molecule has 2 unspecified atom stereocenters. The summed E-state index contributed by atoms with van der Waals surface area (Å²) in [5.41, 5.74) is -1.83.